The van der Waals surface area contributed by atoms with Crippen LogP contribution in [-0.2, 0) is 41.8 Å². The summed E-state index contributed by atoms with van der Waals surface area (Å²) >= 11 is 0. The van der Waals surface area contributed by atoms with Crippen LogP contribution >= 0.6 is 15.6 Å². The number of carbonyl (C=O) groups is 2. The van der Waals surface area contributed by atoms with Gasteiger partial charge in [-0.2, -0.15) is 0 Å². The molecule has 5 N–H and O–H groups in total. The van der Waals surface area contributed by atoms with Gasteiger partial charge in [-0.05, 0) is 110 Å². The van der Waals surface area contributed by atoms with E-state index >= 15 is 0 Å². The second-order valence-electron chi connectivity index (χ2n) is 14.9. The monoisotopic (exact) mass is 940 g/mol. The van der Waals surface area contributed by atoms with Gasteiger partial charge in [0.25, 0.3) is 0 Å². The van der Waals surface area contributed by atoms with Crippen molar-refractivity contribution in [2.24, 2.45) is 0 Å². The average Bonchev–Trinajstić information content (AvgIpc) is 3.24. The van der Waals surface area contributed by atoms with E-state index < -0.39 is 66.2 Å². The third-order valence-corrected chi connectivity index (χ3v) is 10.1. The minimum atomic E-state index is -4.88. The van der Waals surface area contributed by atoms with Crippen molar-refractivity contribution in [1.82, 2.24) is 0 Å². The van der Waals surface area contributed by atoms with Gasteiger partial charge in [-0.25, -0.2) is 9.13 Å². The molecule has 364 valence electrons. The molecule has 0 spiro atoms. The van der Waals surface area contributed by atoms with E-state index in [1.165, 1.54) is 0 Å². The van der Waals surface area contributed by atoms with Crippen LogP contribution in [0, 0.1) is 0 Å². The van der Waals surface area contributed by atoms with E-state index in [0.29, 0.717) is 19.3 Å². The van der Waals surface area contributed by atoms with Crippen LogP contribution in [0.3, 0.4) is 0 Å². The molecule has 0 aliphatic carbocycles. The van der Waals surface area contributed by atoms with Crippen molar-refractivity contribution in [3.63, 3.8) is 0 Å². The fourth-order valence-electron chi connectivity index (χ4n) is 5.27. The van der Waals surface area contributed by atoms with Gasteiger partial charge < -0.3 is 34.4 Å². The molecular weight excluding hydrogens is 862 g/mol. The minimum absolute atomic E-state index is 0.0673. The second-order valence-corrected chi connectivity index (χ2v) is 17.6. The highest BCUT2D eigenvalue weighted by molar-refractivity contribution is 7.47. The number of rotatable bonds is 41. The molecule has 0 aliphatic rings. The van der Waals surface area contributed by atoms with Crippen molar-refractivity contribution in [2.75, 3.05) is 26.4 Å². The summed E-state index contributed by atoms with van der Waals surface area (Å²) in [6, 6.07) is 0. The third-order valence-electron chi connectivity index (χ3n) is 8.65. The van der Waals surface area contributed by atoms with Crippen molar-refractivity contribution in [2.45, 2.75) is 154 Å². The molecule has 14 nitrogen and oxygen atoms in total. The van der Waals surface area contributed by atoms with Gasteiger partial charge in [0.05, 0.1) is 25.9 Å². The highest BCUT2D eigenvalue weighted by atomic mass is 31.2. The average molecular weight is 941 g/mol. The van der Waals surface area contributed by atoms with E-state index in [9.17, 15) is 33.8 Å². The molecule has 4 atom stereocenters. The lowest BCUT2D eigenvalue weighted by Crippen LogP contribution is -2.30. The fraction of sp³-hybridized carbons (Fsp3) is 0.583. The van der Waals surface area contributed by atoms with E-state index in [-0.39, 0.29) is 18.9 Å². The SMILES string of the molecule is CC/C=C\C/C=C\C/C=C\C/C=C\C/C=C\CCCCCC(=O)O[C@H](COC(=O)CCC/C=C\C/C=C\C/C=C\C/C=C\CCC[C@@H](C)O)COP(=O)(O)OC[C@@H](O)COP(=O)(O)O. The Hall–Kier alpha value is -3.26. The first-order chi connectivity index (χ1) is 30.7. The molecule has 0 aliphatic heterocycles. The number of hydrogen-bond donors (Lipinski definition) is 5. The van der Waals surface area contributed by atoms with Gasteiger partial charge in [0.2, 0.25) is 0 Å². The van der Waals surface area contributed by atoms with Gasteiger partial charge in [0, 0.05) is 12.8 Å². The van der Waals surface area contributed by atoms with E-state index in [1.54, 1.807) is 6.92 Å². The van der Waals surface area contributed by atoms with Gasteiger partial charge in [-0.1, -0.05) is 123 Å². The topological polar surface area (TPSA) is 216 Å². The smallest absolute Gasteiger partial charge is 0.462 e. The lowest BCUT2D eigenvalue weighted by atomic mass is 10.1. The Labute approximate surface area is 383 Å². The number of phosphoric acid groups is 2. The summed E-state index contributed by atoms with van der Waals surface area (Å²) in [5.74, 6) is -1.16. The zero-order valence-electron chi connectivity index (χ0n) is 38.2. The van der Waals surface area contributed by atoms with Crippen molar-refractivity contribution >= 4 is 27.6 Å². The zero-order chi connectivity index (χ0) is 47.4. The molecule has 0 amide bonds. The summed E-state index contributed by atoms with van der Waals surface area (Å²) in [4.78, 5) is 52.7. The second kappa shape index (κ2) is 42.4. The van der Waals surface area contributed by atoms with Crippen molar-refractivity contribution in [3.05, 3.63) is 109 Å². The summed E-state index contributed by atoms with van der Waals surface area (Å²) in [6.45, 7) is 1.07. The highest BCUT2D eigenvalue weighted by Gasteiger charge is 2.28. The number of phosphoric ester groups is 2. The van der Waals surface area contributed by atoms with Gasteiger partial charge in [-0.3, -0.25) is 23.2 Å². The molecule has 0 heterocycles. The molecule has 0 aromatic heterocycles. The number of carbonyl (C=O) groups excluding carboxylic acids is 2. The first kappa shape index (κ1) is 60.7. The van der Waals surface area contributed by atoms with Crippen LogP contribution in [-0.4, -0.2) is 81.6 Å². The maximum Gasteiger partial charge on any atom is 0.472 e. The minimum Gasteiger partial charge on any atom is -0.462 e. The van der Waals surface area contributed by atoms with Crippen LogP contribution in [0.15, 0.2) is 109 Å². The lowest BCUT2D eigenvalue weighted by Gasteiger charge is -2.20. The normalized spacial score (nSPS) is 15.4. The van der Waals surface area contributed by atoms with E-state index in [0.717, 1.165) is 89.9 Å². The lowest BCUT2D eigenvalue weighted by molar-refractivity contribution is -0.161. The third kappa shape index (κ3) is 46.7. The maximum absolute atomic E-state index is 12.7. The van der Waals surface area contributed by atoms with E-state index in [1.807, 2.05) is 12.2 Å². The first-order valence-electron chi connectivity index (χ1n) is 22.6. The van der Waals surface area contributed by atoms with Crippen LogP contribution in [0.5, 0.6) is 0 Å². The Morgan fingerprint density at radius 1 is 0.500 bits per heavy atom. The molecule has 0 saturated carbocycles. The van der Waals surface area contributed by atoms with Gasteiger partial charge in [0.1, 0.15) is 12.7 Å². The van der Waals surface area contributed by atoms with Crippen LogP contribution in [0.4, 0.5) is 0 Å². The summed E-state index contributed by atoms with van der Waals surface area (Å²) in [5, 5.41) is 19.0. The Balaban J connectivity index is 4.67. The van der Waals surface area contributed by atoms with Gasteiger partial charge >= 0.3 is 27.6 Å². The van der Waals surface area contributed by atoms with Crippen LogP contribution in [0.1, 0.15) is 136 Å². The first-order valence-corrected chi connectivity index (χ1v) is 25.6. The predicted molar refractivity (Wildman–Crippen MR) is 254 cm³/mol. The number of esters is 2. The summed E-state index contributed by atoms with van der Waals surface area (Å²) in [7, 11) is -9.73. The Morgan fingerprint density at radius 2 is 0.922 bits per heavy atom. The molecule has 1 unspecified atom stereocenters. The Morgan fingerprint density at radius 3 is 1.41 bits per heavy atom. The number of aliphatic hydroxyl groups is 2. The molecule has 0 aromatic rings. The fourth-order valence-corrected chi connectivity index (χ4v) is 6.42. The van der Waals surface area contributed by atoms with E-state index in [4.69, 9.17) is 23.8 Å². The molecule has 16 heteroatoms. The standard InChI is InChI=1S/C48H78O14P2/c1-3-4-5-6-7-8-9-10-11-12-13-14-17-21-24-27-30-33-36-39-48(52)62-46(43-61-64(56,57)60-41-45(50)40-59-63(53,54)55)42-58-47(51)38-35-32-29-26-23-20-18-15-16-19-22-25-28-31-34-37-44(2)49/h4-5,7-8,10-11,13-14,16,18-21,24-26,28-29,44-46,49-50H,3,6,9,12,15,17,22-23,27,30-43H2,1-2H3,(H,56,57)(H2,53,54,55)/b5-4-,8-7-,11-10-,14-13-,19-16-,20-18-,24-21-,28-25-,29-26-/t44-,45+,46-/m1/s1. The molecule has 0 aromatic carbocycles. The number of unbranched alkanes of at least 4 members (excludes halogenated alkanes) is 5. The van der Waals surface area contributed by atoms with Crippen molar-refractivity contribution in [1.29, 1.82) is 0 Å². The zero-order valence-corrected chi connectivity index (χ0v) is 40.0. The summed E-state index contributed by atoms with van der Waals surface area (Å²) in [5.41, 5.74) is 0. The Kier molecular flexibility index (Phi) is 40.2. The predicted octanol–water partition coefficient (Wildman–Crippen LogP) is 10.9. The van der Waals surface area contributed by atoms with Crippen molar-refractivity contribution in [3.8, 4) is 0 Å². The maximum atomic E-state index is 12.7. The van der Waals surface area contributed by atoms with E-state index in [2.05, 4.69) is 113 Å². The Bertz CT molecular complexity index is 1550. The van der Waals surface area contributed by atoms with Gasteiger partial charge in [0.15, 0.2) is 6.10 Å². The molecule has 0 rings (SSSR count). The number of allylic oxidation sites excluding steroid dienone is 18. The highest BCUT2D eigenvalue weighted by Crippen LogP contribution is 2.43. The number of hydrogen-bond acceptors (Lipinski definition) is 11. The quantitative estimate of drug-likeness (QED) is 0.0167. The molecule has 0 saturated heterocycles. The molecule has 64 heavy (non-hydrogen) atoms. The number of ether oxygens (including phenoxy) is 2. The molecular formula is C48H78O14P2. The molecule has 0 bridgehead atoms. The van der Waals surface area contributed by atoms with Crippen molar-refractivity contribution < 1.29 is 66.7 Å². The molecule has 0 radical (unpaired) electrons. The largest absolute Gasteiger partial charge is 0.472 e. The summed E-state index contributed by atoms with van der Waals surface area (Å²) in [6.07, 6.45) is 49.3. The van der Waals surface area contributed by atoms with Gasteiger partial charge in [-0.15, -0.1) is 0 Å². The summed E-state index contributed by atoms with van der Waals surface area (Å²) < 4.78 is 47.7. The van der Waals surface area contributed by atoms with Crippen LogP contribution in [0.25, 0.3) is 0 Å². The number of aliphatic hydroxyl groups excluding tert-OH is 2. The molecule has 0 fully saturated rings. The van der Waals surface area contributed by atoms with Crippen LogP contribution < -0.4 is 0 Å². The van der Waals surface area contributed by atoms with Crippen LogP contribution in [0.2, 0.25) is 0 Å².